The Morgan fingerprint density at radius 3 is 2.54 bits per heavy atom. The molecule has 1 rings (SSSR count). The second kappa shape index (κ2) is 12.4. The quantitative estimate of drug-likeness (QED) is 0.239. The molecule has 0 amide bonds. The first-order valence-corrected chi connectivity index (χ1v) is 11.0. The first-order chi connectivity index (χ1) is 13.2. The van der Waals surface area contributed by atoms with Crippen LogP contribution in [0, 0.1) is 11.8 Å². The van der Waals surface area contributed by atoms with Gasteiger partial charge in [0.15, 0.2) is 0 Å². The monoisotopic (exact) mass is 412 g/mol. The van der Waals surface area contributed by atoms with Gasteiger partial charge in [-0.25, -0.2) is 0 Å². The largest absolute Gasteiger partial charge is 0.469 e. The topological polar surface area (TPSA) is 63.6 Å². The number of Topliss-reactive ketones (excluding diaryl/α,β-unsaturated/α-hetero) is 1. The SMILES string of the molecule is COC(=O)CCCCC/C=C1\C(=O)C(Cl)=CC1(O)CCC(C)CCCC(C)C. The summed E-state index contributed by atoms with van der Waals surface area (Å²) in [6.45, 7) is 6.67. The minimum absolute atomic E-state index is 0.118. The molecule has 160 valence electrons. The number of methoxy groups -OCH3 is 1. The molecule has 1 aliphatic carbocycles. The van der Waals surface area contributed by atoms with Crippen LogP contribution in [0.25, 0.3) is 0 Å². The molecule has 0 saturated heterocycles. The average Bonchev–Trinajstić information content (AvgIpc) is 2.85. The third-order valence-electron chi connectivity index (χ3n) is 5.45. The van der Waals surface area contributed by atoms with Crippen LogP contribution in [0.2, 0.25) is 0 Å². The summed E-state index contributed by atoms with van der Waals surface area (Å²) in [6, 6.07) is 0. The van der Waals surface area contributed by atoms with Crippen LogP contribution in [0.3, 0.4) is 0 Å². The number of ether oxygens (including phenoxy) is 1. The Kier molecular flexibility index (Phi) is 11.1. The molecule has 0 fully saturated rings. The number of hydrogen-bond donors (Lipinski definition) is 1. The van der Waals surface area contributed by atoms with Gasteiger partial charge in [-0.2, -0.15) is 0 Å². The first kappa shape index (κ1) is 24.9. The van der Waals surface area contributed by atoms with Crippen molar-refractivity contribution in [2.45, 2.75) is 90.6 Å². The summed E-state index contributed by atoms with van der Waals surface area (Å²) in [5.41, 5.74) is -0.827. The number of rotatable bonds is 13. The van der Waals surface area contributed by atoms with Gasteiger partial charge in [0.1, 0.15) is 5.60 Å². The summed E-state index contributed by atoms with van der Waals surface area (Å²) >= 11 is 6.05. The lowest BCUT2D eigenvalue weighted by molar-refractivity contribution is -0.140. The van der Waals surface area contributed by atoms with E-state index in [1.54, 1.807) is 0 Å². The van der Waals surface area contributed by atoms with E-state index < -0.39 is 5.60 Å². The number of esters is 1. The second-order valence-corrected chi connectivity index (χ2v) is 8.91. The Hall–Kier alpha value is -1.13. The van der Waals surface area contributed by atoms with Gasteiger partial charge in [0.2, 0.25) is 5.78 Å². The Bertz CT molecular complexity index is 579. The van der Waals surface area contributed by atoms with Gasteiger partial charge < -0.3 is 9.84 Å². The van der Waals surface area contributed by atoms with Crippen LogP contribution in [0.15, 0.2) is 22.8 Å². The van der Waals surface area contributed by atoms with Crippen molar-refractivity contribution >= 4 is 23.4 Å². The smallest absolute Gasteiger partial charge is 0.305 e. The maximum atomic E-state index is 12.4. The zero-order valence-electron chi connectivity index (χ0n) is 17.9. The van der Waals surface area contributed by atoms with E-state index in [1.165, 1.54) is 26.0 Å². The molecule has 4 nitrogen and oxygen atoms in total. The highest BCUT2D eigenvalue weighted by Gasteiger charge is 2.40. The fraction of sp³-hybridized carbons (Fsp3) is 0.739. The Morgan fingerprint density at radius 1 is 1.18 bits per heavy atom. The van der Waals surface area contributed by atoms with Crippen LogP contribution in [0.4, 0.5) is 0 Å². The molecule has 0 heterocycles. The number of aliphatic hydroxyl groups is 1. The Labute approximate surface area is 175 Å². The molecule has 28 heavy (non-hydrogen) atoms. The maximum absolute atomic E-state index is 12.4. The van der Waals surface area contributed by atoms with E-state index >= 15 is 0 Å². The van der Waals surface area contributed by atoms with Crippen molar-refractivity contribution in [1.29, 1.82) is 0 Å². The zero-order valence-corrected chi connectivity index (χ0v) is 18.7. The van der Waals surface area contributed by atoms with E-state index in [9.17, 15) is 14.7 Å². The van der Waals surface area contributed by atoms with E-state index in [0.29, 0.717) is 36.7 Å². The molecule has 0 spiro atoms. The van der Waals surface area contributed by atoms with E-state index in [-0.39, 0.29) is 16.8 Å². The number of allylic oxidation sites excluding steroid dienone is 2. The molecule has 0 bridgehead atoms. The minimum Gasteiger partial charge on any atom is -0.469 e. The molecule has 0 radical (unpaired) electrons. The zero-order chi connectivity index (χ0) is 21.2. The van der Waals surface area contributed by atoms with Crippen molar-refractivity contribution < 1.29 is 19.4 Å². The summed E-state index contributed by atoms with van der Waals surface area (Å²) in [5.74, 6) is 0.765. The standard InChI is InChI=1S/C23H37ClO4/c1-17(2)10-9-11-18(3)14-15-23(27)16-20(24)22(26)19(23)12-7-5-6-8-13-21(25)28-4/h12,16-18,27H,5-11,13-15H2,1-4H3/b19-12+. The Balaban J connectivity index is 2.52. The molecule has 0 aliphatic heterocycles. The summed E-state index contributed by atoms with van der Waals surface area (Å²) in [5, 5.41) is 11.2. The van der Waals surface area contributed by atoms with Crippen molar-refractivity contribution in [3.8, 4) is 0 Å². The van der Waals surface area contributed by atoms with Crippen molar-refractivity contribution in [3.63, 3.8) is 0 Å². The average molecular weight is 413 g/mol. The fourth-order valence-corrected chi connectivity index (χ4v) is 3.86. The normalized spacial score (nSPS) is 22.0. The van der Waals surface area contributed by atoms with E-state index in [0.717, 1.165) is 32.1 Å². The van der Waals surface area contributed by atoms with E-state index in [4.69, 9.17) is 11.6 Å². The number of carbonyl (C=O) groups excluding carboxylic acids is 2. The highest BCUT2D eigenvalue weighted by atomic mass is 35.5. The summed E-state index contributed by atoms with van der Waals surface area (Å²) < 4.78 is 4.62. The minimum atomic E-state index is -1.24. The lowest BCUT2D eigenvalue weighted by atomic mass is 9.86. The molecule has 1 aliphatic rings. The molecular weight excluding hydrogens is 376 g/mol. The fourth-order valence-electron chi connectivity index (χ4n) is 3.58. The van der Waals surface area contributed by atoms with Crippen molar-refractivity contribution in [1.82, 2.24) is 0 Å². The predicted octanol–water partition coefficient (Wildman–Crippen LogP) is 5.72. The molecule has 0 aromatic carbocycles. The third-order valence-corrected chi connectivity index (χ3v) is 5.73. The van der Waals surface area contributed by atoms with Gasteiger partial charge in [0, 0.05) is 12.0 Å². The van der Waals surface area contributed by atoms with Gasteiger partial charge in [0.05, 0.1) is 12.1 Å². The molecular formula is C23H37ClO4. The highest BCUT2D eigenvalue weighted by molar-refractivity contribution is 6.46. The van der Waals surface area contributed by atoms with Crippen molar-refractivity contribution in [3.05, 3.63) is 22.8 Å². The molecule has 2 atom stereocenters. The van der Waals surface area contributed by atoms with Gasteiger partial charge in [-0.05, 0) is 50.0 Å². The summed E-state index contributed by atoms with van der Waals surface area (Å²) in [4.78, 5) is 23.5. The molecule has 0 saturated carbocycles. The van der Waals surface area contributed by atoms with E-state index in [2.05, 4.69) is 25.5 Å². The lowest BCUT2D eigenvalue weighted by Gasteiger charge is -2.24. The van der Waals surface area contributed by atoms with Gasteiger partial charge in [0.25, 0.3) is 0 Å². The van der Waals surface area contributed by atoms with Crippen molar-refractivity contribution in [2.24, 2.45) is 11.8 Å². The highest BCUT2D eigenvalue weighted by Crippen LogP contribution is 2.38. The first-order valence-electron chi connectivity index (χ1n) is 10.6. The number of hydrogen-bond acceptors (Lipinski definition) is 4. The number of unbranched alkanes of at least 4 members (excludes halogenated alkanes) is 3. The number of carbonyl (C=O) groups is 2. The molecule has 2 unspecified atom stereocenters. The van der Waals surface area contributed by atoms with Crippen LogP contribution >= 0.6 is 11.6 Å². The molecule has 0 aromatic heterocycles. The van der Waals surface area contributed by atoms with Gasteiger partial charge in [-0.3, -0.25) is 9.59 Å². The number of halogens is 1. The predicted molar refractivity (Wildman–Crippen MR) is 114 cm³/mol. The van der Waals surface area contributed by atoms with Crippen LogP contribution in [-0.4, -0.2) is 29.6 Å². The van der Waals surface area contributed by atoms with Crippen LogP contribution in [0.1, 0.15) is 85.0 Å². The summed E-state index contributed by atoms with van der Waals surface area (Å²) in [6.07, 6.45) is 11.9. The van der Waals surface area contributed by atoms with Crippen LogP contribution in [-0.2, 0) is 14.3 Å². The van der Waals surface area contributed by atoms with Crippen molar-refractivity contribution in [2.75, 3.05) is 7.11 Å². The maximum Gasteiger partial charge on any atom is 0.305 e. The molecule has 1 N–H and O–H groups in total. The lowest BCUT2D eigenvalue weighted by Crippen LogP contribution is -2.28. The Morgan fingerprint density at radius 2 is 1.89 bits per heavy atom. The summed E-state index contributed by atoms with van der Waals surface area (Å²) in [7, 11) is 1.39. The number of ketones is 1. The second-order valence-electron chi connectivity index (χ2n) is 8.51. The van der Waals surface area contributed by atoms with Crippen LogP contribution < -0.4 is 0 Å². The van der Waals surface area contributed by atoms with Gasteiger partial charge in [-0.15, -0.1) is 0 Å². The molecule has 0 aromatic rings. The third kappa shape index (κ3) is 8.48. The van der Waals surface area contributed by atoms with Gasteiger partial charge >= 0.3 is 5.97 Å². The van der Waals surface area contributed by atoms with Crippen LogP contribution in [0.5, 0.6) is 0 Å². The van der Waals surface area contributed by atoms with E-state index in [1.807, 2.05) is 6.08 Å². The molecule has 5 heteroatoms. The van der Waals surface area contributed by atoms with Gasteiger partial charge in [-0.1, -0.05) is 64.1 Å².